The number of amides is 1. The van der Waals surface area contributed by atoms with Gasteiger partial charge in [-0.05, 0) is 18.2 Å². The average molecular weight is 363 g/mol. The number of hydrogen-bond acceptors (Lipinski definition) is 5. The van der Waals surface area contributed by atoms with Crippen molar-refractivity contribution in [1.29, 1.82) is 0 Å². The van der Waals surface area contributed by atoms with Crippen molar-refractivity contribution in [2.75, 3.05) is 26.5 Å². The molecule has 1 aromatic heterocycles. The van der Waals surface area contributed by atoms with Crippen LogP contribution in [0.5, 0.6) is 5.75 Å². The van der Waals surface area contributed by atoms with E-state index in [1.54, 1.807) is 24.4 Å². The third-order valence-corrected chi connectivity index (χ3v) is 4.83. The van der Waals surface area contributed by atoms with Gasteiger partial charge in [-0.15, -0.1) is 0 Å². The number of aromatic nitrogens is 1. The zero-order valence-corrected chi connectivity index (χ0v) is 15.0. The summed E-state index contributed by atoms with van der Waals surface area (Å²) in [7, 11) is -1.90. The molecule has 0 aliphatic rings. The lowest BCUT2D eigenvalue weighted by Crippen LogP contribution is -2.37. The van der Waals surface area contributed by atoms with Gasteiger partial charge in [-0.3, -0.25) is 9.78 Å². The van der Waals surface area contributed by atoms with Gasteiger partial charge < -0.3 is 10.1 Å². The van der Waals surface area contributed by atoms with E-state index in [0.717, 1.165) is 11.8 Å². The second-order valence-corrected chi connectivity index (χ2v) is 7.39. The fourth-order valence-electron chi connectivity index (χ4n) is 2.28. The number of hydrogen-bond donors (Lipinski definition) is 1. The van der Waals surface area contributed by atoms with E-state index in [9.17, 15) is 13.2 Å². The van der Waals surface area contributed by atoms with E-state index in [1.165, 1.54) is 17.6 Å². The molecule has 0 atom stereocenters. The molecule has 0 aliphatic carbocycles. The lowest BCUT2D eigenvalue weighted by Gasteiger charge is -2.21. The quantitative estimate of drug-likeness (QED) is 0.763. The molecule has 0 bridgehead atoms. The van der Waals surface area contributed by atoms with Gasteiger partial charge in [-0.1, -0.05) is 18.2 Å². The van der Waals surface area contributed by atoms with Gasteiger partial charge in [0.2, 0.25) is 10.0 Å². The Bertz CT molecular complexity index is 810. The smallest absolute Gasteiger partial charge is 0.252 e. The number of rotatable bonds is 8. The highest BCUT2D eigenvalue weighted by atomic mass is 32.2. The van der Waals surface area contributed by atoms with Gasteiger partial charge in [0, 0.05) is 37.6 Å². The minimum Gasteiger partial charge on any atom is -0.496 e. The Morgan fingerprint density at radius 1 is 1.24 bits per heavy atom. The van der Waals surface area contributed by atoms with Crippen LogP contribution in [0.3, 0.4) is 0 Å². The maximum absolute atomic E-state index is 12.0. The van der Waals surface area contributed by atoms with Gasteiger partial charge in [-0.25, -0.2) is 8.42 Å². The molecule has 0 aliphatic heterocycles. The summed E-state index contributed by atoms with van der Waals surface area (Å²) in [6.07, 6.45) is 4.18. The summed E-state index contributed by atoms with van der Waals surface area (Å²) in [6, 6.07) is 10.5. The van der Waals surface area contributed by atoms with Crippen molar-refractivity contribution in [3.8, 4) is 5.75 Å². The molecule has 25 heavy (non-hydrogen) atoms. The van der Waals surface area contributed by atoms with Crippen molar-refractivity contribution in [2.24, 2.45) is 0 Å². The molecule has 1 aromatic carbocycles. The number of carbonyl (C=O) groups is 1. The highest BCUT2D eigenvalue weighted by Crippen LogP contribution is 2.20. The van der Waals surface area contributed by atoms with Crippen molar-refractivity contribution in [1.82, 2.24) is 14.6 Å². The van der Waals surface area contributed by atoms with Crippen molar-refractivity contribution in [3.63, 3.8) is 0 Å². The highest BCUT2D eigenvalue weighted by molar-refractivity contribution is 7.88. The van der Waals surface area contributed by atoms with Gasteiger partial charge in [-0.2, -0.15) is 4.31 Å². The van der Waals surface area contributed by atoms with Crippen LogP contribution < -0.4 is 10.1 Å². The van der Waals surface area contributed by atoms with Crippen molar-refractivity contribution in [2.45, 2.75) is 6.54 Å². The number of carbonyl (C=O) groups excluding carboxylic acids is 1. The first-order valence-corrected chi connectivity index (χ1v) is 9.52. The fourth-order valence-corrected chi connectivity index (χ4v) is 3.08. The predicted molar refractivity (Wildman–Crippen MR) is 94.8 cm³/mol. The van der Waals surface area contributed by atoms with Crippen LogP contribution in [0.15, 0.2) is 48.8 Å². The highest BCUT2D eigenvalue weighted by Gasteiger charge is 2.19. The zero-order valence-electron chi connectivity index (χ0n) is 14.2. The lowest BCUT2D eigenvalue weighted by molar-refractivity contribution is 0.0951. The van der Waals surface area contributed by atoms with Crippen LogP contribution in [0.2, 0.25) is 0 Å². The largest absolute Gasteiger partial charge is 0.496 e. The fraction of sp³-hybridized carbons (Fsp3) is 0.294. The number of nitrogens with one attached hydrogen (secondary N) is 1. The number of para-hydroxylation sites is 1. The van der Waals surface area contributed by atoms with Gasteiger partial charge in [0.25, 0.3) is 5.91 Å². The third kappa shape index (κ3) is 5.54. The summed E-state index contributed by atoms with van der Waals surface area (Å²) in [6.45, 7) is 0.518. The molecular weight excluding hydrogens is 342 g/mol. The van der Waals surface area contributed by atoms with E-state index in [2.05, 4.69) is 10.3 Å². The second kappa shape index (κ2) is 8.59. The average Bonchev–Trinajstić information content (AvgIpc) is 2.61. The Balaban J connectivity index is 2.00. The Morgan fingerprint density at radius 2 is 2.00 bits per heavy atom. The number of methoxy groups -OCH3 is 1. The molecule has 0 saturated heterocycles. The number of sulfonamides is 1. The molecular formula is C17H21N3O4S. The summed E-state index contributed by atoms with van der Waals surface area (Å²) < 4.78 is 30.6. The van der Waals surface area contributed by atoms with E-state index >= 15 is 0 Å². The van der Waals surface area contributed by atoms with Crippen LogP contribution in [0.4, 0.5) is 0 Å². The Labute approximate surface area is 147 Å². The van der Waals surface area contributed by atoms with E-state index < -0.39 is 10.0 Å². The van der Waals surface area contributed by atoms with Crippen LogP contribution >= 0.6 is 0 Å². The maximum atomic E-state index is 12.0. The summed E-state index contributed by atoms with van der Waals surface area (Å²) in [4.78, 5) is 15.9. The molecule has 134 valence electrons. The molecule has 1 amide bonds. The van der Waals surface area contributed by atoms with Crippen LogP contribution in [0.25, 0.3) is 0 Å². The first-order chi connectivity index (χ1) is 11.9. The number of nitrogens with zero attached hydrogens (tertiary/aromatic N) is 2. The molecule has 1 heterocycles. The first-order valence-electron chi connectivity index (χ1n) is 7.67. The van der Waals surface area contributed by atoms with Gasteiger partial charge in [0.1, 0.15) is 5.75 Å². The Hall–Kier alpha value is -2.45. The molecule has 2 rings (SSSR count). The topological polar surface area (TPSA) is 88.6 Å². The normalized spacial score (nSPS) is 11.3. The van der Waals surface area contributed by atoms with Gasteiger partial charge in [0.05, 0.1) is 18.9 Å². The first kappa shape index (κ1) is 18.9. The SMILES string of the molecule is COc1ccccc1CN(CCNC(=O)c1cccnc1)S(C)(=O)=O. The monoisotopic (exact) mass is 363 g/mol. The minimum atomic E-state index is -3.44. The molecule has 7 nitrogen and oxygen atoms in total. The molecule has 2 aromatic rings. The Kier molecular flexibility index (Phi) is 6.49. The molecule has 0 saturated carbocycles. The molecule has 1 N–H and O–H groups in total. The number of ether oxygens (including phenoxy) is 1. The maximum Gasteiger partial charge on any atom is 0.252 e. The molecule has 8 heteroatoms. The molecule has 0 radical (unpaired) electrons. The van der Waals surface area contributed by atoms with E-state index in [1.807, 2.05) is 18.2 Å². The van der Waals surface area contributed by atoms with Crippen molar-refractivity contribution < 1.29 is 17.9 Å². The Morgan fingerprint density at radius 3 is 2.64 bits per heavy atom. The molecule has 0 spiro atoms. The van der Waals surface area contributed by atoms with Gasteiger partial charge >= 0.3 is 0 Å². The van der Waals surface area contributed by atoms with Crippen LogP contribution in [-0.4, -0.2) is 50.1 Å². The number of benzene rings is 1. The molecule has 0 fully saturated rings. The van der Waals surface area contributed by atoms with Crippen molar-refractivity contribution in [3.05, 3.63) is 59.9 Å². The standard InChI is InChI=1S/C17H21N3O4S/c1-24-16-8-4-3-6-15(16)13-20(25(2,22)23)11-10-19-17(21)14-7-5-9-18-12-14/h3-9,12H,10-11,13H2,1-2H3,(H,19,21). The summed E-state index contributed by atoms with van der Waals surface area (Å²) in [5.41, 5.74) is 1.19. The van der Waals surface area contributed by atoms with Crippen LogP contribution in [0.1, 0.15) is 15.9 Å². The third-order valence-electron chi connectivity index (χ3n) is 3.58. The van der Waals surface area contributed by atoms with E-state index in [4.69, 9.17) is 4.74 Å². The lowest BCUT2D eigenvalue weighted by atomic mass is 10.2. The summed E-state index contributed by atoms with van der Waals surface area (Å²) in [5, 5.41) is 2.70. The summed E-state index contributed by atoms with van der Waals surface area (Å²) in [5.74, 6) is 0.328. The van der Waals surface area contributed by atoms with Crippen molar-refractivity contribution >= 4 is 15.9 Å². The van der Waals surface area contributed by atoms with Gasteiger partial charge in [0.15, 0.2) is 0 Å². The second-order valence-electron chi connectivity index (χ2n) is 5.41. The minimum absolute atomic E-state index is 0.156. The zero-order chi connectivity index (χ0) is 18.3. The number of pyridine rings is 1. The van der Waals surface area contributed by atoms with Crippen LogP contribution in [-0.2, 0) is 16.6 Å². The summed E-state index contributed by atoms with van der Waals surface area (Å²) >= 11 is 0. The van der Waals surface area contributed by atoms with E-state index in [-0.39, 0.29) is 25.5 Å². The molecule has 0 unspecified atom stereocenters. The predicted octanol–water partition coefficient (Wildman–Crippen LogP) is 1.28. The van der Waals surface area contributed by atoms with Crippen LogP contribution in [0, 0.1) is 0 Å². The van der Waals surface area contributed by atoms with E-state index in [0.29, 0.717) is 11.3 Å².